The first-order chi connectivity index (χ1) is 9.19. The number of hydrogen-bond donors (Lipinski definition) is 0. The summed E-state index contributed by atoms with van der Waals surface area (Å²) >= 11 is 0. The third kappa shape index (κ3) is 2.51. The maximum atomic E-state index is 12.4. The summed E-state index contributed by atoms with van der Waals surface area (Å²) in [6.07, 6.45) is 1.54. The number of piperidine rings is 1. The molecule has 2 heterocycles. The summed E-state index contributed by atoms with van der Waals surface area (Å²) in [5, 5.41) is 0. The normalized spacial score (nSPS) is 21.8. The second kappa shape index (κ2) is 4.94. The molecular formula is C15H19NO3. The molecule has 4 nitrogen and oxygen atoms in total. The van der Waals surface area contributed by atoms with Crippen molar-refractivity contribution in [1.82, 2.24) is 4.90 Å². The van der Waals surface area contributed by atoms with Crippen LogP contribution in [0.5, 0.6) is 0 Å². The summed E-state index contributed by atoms with van der Waals surface area (Å²) in [5.41, 5.74) is 1.88. The van der Waals surface area contributed by atoms with E-state index in [0.29, 0.717) is 26.3 Å². The van der Waals surface area contributed by atoms with Gasteiger partial charge in [0, 0.05) is 31.5 Å². The van der Waals surface area contributed by atoms with Crippen molar-refractivity contribution >= 4 is 5.91 Å². The molecule has 1 amide bonds. The van der Waals surface area contributed by atoms with E-state index in [-0.39, 0.29) is 5.91 Å². The van der Waals surface area contributed by atoms with E-state index in [0.717, 1.165) is 24.0 Å². The van der Waals surface area contributed by atoms with Crippen molar-refractivity contribution in [2.45, 2.75) is 25.6 Å². The molecule has 19 heavy (non-hydrogen) atoms. The molecule has 1 aromatic rings. The summed E-state index contributed by atoms with van der Waals surface area (Å²) in [7, 11) is 0. The van der Waals surface area contributed by atoms with Crippen LogP contribution in [0.25, 0.3) is 0 Å². The van der Waals surface area contributed by atoms with E-state index in [4.69, 9.17) is 9.47 Å². The molecule has 0 unspecified atom stereocenters. The van der Waals surface area contributed by atoms with Crippen LogP contribution in [0.1, 0.15) is 28.8 Å². The second-order valence-electron chi connectivity index (χ2n) is 5.27. The molecule has 4 heteroatoms. The first-order valence-corrected chi connectivity index (χ1v) is 6.82. The van der Waals surface area contributed by atoms with Gasteiger partial charge in [-0.3, -0.25) is 4.79 Å². The average Bonchev–Trinajstić information content (AvgIpc) is 2.87. The van der Waals surface area contributed by atoms with Crippen molar-refractivity contribution in [3.05, 3.63) is 35.4 Å². The maximum absolute atomic E-state index is 12.4. The van der Waals surface area contributed by atoms with Gasteiger partial charge in [0.1, 0.15) is 0 Å². The highest BCUT2D eigenvalue weighted by Crippen LogP contribution is 2.31. The molecule has 0 atom stereocenters. The molecule has 0 saturated carbocycles. The number of nitrogens with zero attached hydrogens (tertiary/aromatic N) is 1. The fraction of sp³-hybridized carbons (Fsp3) is 0.533. The molecule has 3 rings (SSSR count). The molecule has 0 aliphatic carbocycles. The lowest BCUT2D eigenvalue weighted by atomic mass is 10.0. The number of hydrogen-bond acceptors (Lipinski definition) is 3. The van der Waals surface area contributed by atoms with Crippen molar-refractivity contribution in [1.29, 1.82) is 0 Å². The molecule has 0 radical (unpaired) electrons. The predicted molar refractivity (Wildman–Crippen MR) is 71.0 cm³/mol. The van der Waals surface area contributed by atoms with Crippen molar-refractivity contribution < 1.29 is 14.3 Å². The monoisotopic (exact) mass is 261 g/mol. The first kappa shape index (κ1) is 12.6. The van der Waals surface area contributed by atoms with Crippen molar-refractivity contribution in [3.8, 4) is 0 Å². The Morgan fingerprint density at radius 2 is 1.89 bits per heavy atom. The average molecular weight is 261 g/mol. The number of rotatable bonds is 1. The van der Waals surface area contributed by atoms with Gasteiger partial charge in [0.2, 0.25) is 0 Å². The van der Waals surface area contributed by atoms with Crippen LogP contribution in [0, 0.1) is 6.92 Å². The Morgan fingerprint density at radius 3 is 2.53 bits per heavy atom. The van der Waals surface area contributed by atoms with Gasteiger partial charge < -0.3 is 14.4 Å². The lowest BCUT2D eigenvalue weighted by Gasteiger charge is -2.37. The zero-order valence-corrected chi connectivity index (χ0v) is 11.2. The van der Waals surface area contributed by atoms with Crippen LogP contribution in [-0.2, 0) is 9.47 Å². The van der Waals surface area contributed by atoms with Crippen molar-refractivity contribution in [3.63, 3.8) is 0 Å². The number of carbonyl (C=O) groups is 1. The highest BCUT2D eigenvalue weighted by atomic mass is 16.7. The quantitative estimate of drug-likeness (QED) is 0.776. The molecule has 0 bridgehead atoms. The molecule has 1 spiro atoms. The Labute approximate surface area is 113 Å². The van der Waals surface area contributed by atoms with E-state index in [9.17, 15) is 4.79 Å². The van der Waals surface area contributed by atoms with Gasteiger partial charge in [0.05, 0.1) is 13.2 Å². The number of amides is 1. The maximum Gasteiger partial charge on any atom is 0.253 e. The molecule has 2 aliphatic heterocycles. The summed E-state index contributed by atoms with van der Waals surface area (Å²) in [4.78, 5) is 14.3. The van der Waals surface area contributed by atoms with Crippen LogP contribution in [0.4, 0.5) is 0 Å². The highest BCUT2D eigenvalue weighted by molar-refractivity contribution is 5.94. The number of aryl methyl sites for hydroxylation is 1. The minimum atomic E-state index is -0.413. The van der Waals surface area contributed by atoms with Gasteiger partial charge in [-0.05, 0) is 19.1 Å². The largest absolute Gasteiger partial charge is 0.347 e. The molecule has 2 fully saturated rings. The van der Waals surface area contributed by atoms with E-state index in [1.54, 1.807) is 0 Å². The van der Waals surface area contributed by atoms with Crippen molar-refractivity contribution in [2.24, 2.45) is 0 Å². The SMILES string of the molecule is Cc1cccc(C(=O)N2CCC3(CC2)OCCO3)c1. The van der Waals surface area contributed by atoms with E-state index in [2.05, 4.69) is 0 Å². The molecule has 2 aliphatic rings. The lowest BCUT2D eigenvalue weighted by molar-refractivity contribution is -0.181. The van der Waals surface area contributed by atoms with E-state index < -0.39 is 5.79 Å². The summed E-state index contributed by atoms with van der Waals surface area (Å²) in [5.74, 6) is -0.305. The van der Waals surface area contributed by atoms with Crippen LogP contribution in [0.2, 0.25) is 0 Å². The Hall–Kier alpha value is -1.39. The molecular weight excluding hydrogens is 242 g/mol. The minimum Gasteiger partial charge on any atom is -0.347 e. The number of ether oxygens (including phenoxy) is 2. The van der Waals surface area contributed by atoms with Crippen LogP contribution in [0.15, 0.2) is 24.3 Å². The van der Waals surface area contributed by atoms with Gasteiger partial charge in [-0.15, -0.1) is 0 Å². The predicted octanol–water partition coefficient (Wildman–Crippen LogP) is 1.97. The van der Waals surface area contributed by atoms with Gasteiger partial charge in [-0.2, -0.15) is 0 Å². The minimum absolute atomic E-state index is 0.108. The Kier molecular flexibility index (Phi) is 3.29. The van der Waals surface area contributed by atoms with E-state index in [1.165, 1.54) is 0 Å². The zero-order valence-electron chi connectivity index (χ0n) is 11.2. The topological polar surface area (TPSA) is 38.8 Å². The molecule has 102 valence electrons. The smallest absolute Gasteiger partial charge is 0.253 e. The third-order valence-electron chi connectivity index (χ3n) is 3.89. The lowest BCUT2D eigenvalue weighted by Crippen LogP contribution is -2.47. The third-order valence-corrected chi connectivity index (χ3v) is 3.89. The molecule has 2 saturated heterocycles. The fourth-order valence-corrected chi connectivity index (χ4v) is 2.80. The van der Waals surface area contributed by atoms with Gasteiger partial charge in [0.15, 0.2) is 5.79 Å². The van der Waals surface area contributed by atoms with Crippen LogP contribution in [0.3, 0.4) is 0 Å². The number of carbonyl (C=O) groups excluding carboxylic acids is 1. The van der Waals surface area contributed by atoms with Crippen molar-refractivity contribution in [2.75, 3.05) is 26.3 Å². The Morgan fingerprint density at radius 1 is 1.21 bits per heavy atom. The first-order valence-electron chi connectivity index (χ1n) is 6.82. The van der Waals surface area contributed by atoms with Gasteiger partial charge in [-0.1, -0.05) is 17.7 Å². The van der Waals surface area contributed by atoms with E-state index >= 15 is 0 Å². The highest BCUT2D eigenvalue weighted by Gasteiger charge is 2.40. The van der Waals surface area contributed by atoms with Gasteiger partial charge in [0.25, 0.3) is 5.91 Å². The van der Waals surface area contributed by atoms with Gasteiger partial charge in [-0.25, -0.2) is 0 Å². The summed E-state index contributed by atoms with van der Waals surface area (Å²) < 4.78 is 11.3. The number of likely N-dealkylation sites (tertiary alicyclic amines) is 1. The Balaban J connectivity index is 1.66. The zero-order chi connectivity index (χ0) is 13.3. The summed E-state index contributed by atoms with van der Waals surface area (Å²) in [6.45, 7) is 4.75. The molecule has 0 N–H and O–H groups in total. The van der Waals surface area contributed by atoms with Crippen LogP contribution in [-0.4, -0.2) is 42.9 Å². The fourth-order valence-electron chi connectivity index (χ4n) is 2.80. The van der Waals surface area contributed by atoms with Crippen LogP contribution >= 0.6 is 0 Å². The number of benzene rings is 1. The Bertz CT molecular complexity index is 470. The molecule has 0 aromatic heterocycles. The standard InChI is InChI=1S/C15H19NO3/c1-12-3-2-4-13(11-12)14(17)16-7-5-15(6-8-16)18-9-10-19-15/h2-4,11H,5-10H2,1H3. The summed E-state index contributed by atoms with van der Waals surface area (Å²) in [6, 6.07) is 7.75. The molecule has 1 aromatic carbocycles. The van der Waals surface area contributed by atoms with Gasteiger partial charge >= 0.3 is 0 Å². The van der Waals surface area contributed by atoms with Crippen LogP contribution < -0.4 is 0 Å². The second-order valence-corrected chi connectivity index (χ2v) is 5.27. The van der Waals surface area contributed by atoms with E-state index in [1.807, 2.05) is 36.1 Å².